The molecule has 0 amide bonds. The Morgan fingerprint density at radius 2 is 1.86 bits per heavy atom. The number of sulfone groups is 1. The topological polar surface area (TPSA) is 34.1 Å². The Labute approximate surface area is 87.0 Å². The quantitative estimate of drug-likeness (QED) is 0.709. The summed E-state index contributed by atoms with van der Waals surface area (Å²) in [5.41, 5.74) is 0.261. The number of hydrogen-bond donors (Lipinski definition) is 0. The van der Waals surface area contributed by atoms with Crippen LogP contribution in [0.2, 0.25) is 0 Å². The number of hydrogen-bond acceptors (Lipinski definition) is 2. The molecular formula is C11H20O2S. The predicted octanol–water partition coefficient (Wildman–Crippen LogP) is 2.25. The summed E-state index contributed by atoms with van der Waals surface area (Å²) in [7, 11) is -2.88. The lowest BCUT2D eigenvalue weighted by atomic mass is 9.60. The maximum absolute atomic E-state index is 12.0. The molecule has 0 aromatic heterocycles. The minimum Gasteiger partial charge on any atom is -0.228 e. The first-order valence-corrected chi connectivity index (χ1v) is 7.13. The van der Waals surface area contributed by atoms with Crippen molar-refractivity contribution in [1.29, 1.82) is 0 Å². The van der Waals surface area contributed by atoms with Crippen molar-refractivity contribution < 1.29 is 8.42 Å². The lowest BCUT2D eigenvalue weighted by Gasteiger charge is -2.47. The van der Waals surface area contributed by atoms with Crippen LogP contribution < -0.4 is 0 Å². The number of rotatable bonds is 2. The molecule has 0 aliphatic heterocycles. The largest absolute Gasteiger partial charge is 0.228 e. The normalized spacial score (nSPS) is 44.9. The highest BCUT2D eigenvalue weighted by Crippen LogP contribution is 2.68. The third-order valence-electron chi connectivity index (χ3n) is 4.95. The fourth-order valence-corrected chi connectivity index (χ4v) is 5.65. The van der Waals surface area contributed by atoms with Crippen molar-refractivity contribution in [2.75, 3.05) is 5.75 Å². The molecule has 3 saturated carbocycles. The molecule has 14 heavy (non-hydrogen) atoms. The van der Waals surface area contributed by atoms with E-state index in [1.807, 2.05) is 6.92 Å². The Balaban J connectivity index is 2.39. The van der Waals surface area contributed by atoms with Gasteiger partial charge in [-0.25, -0.2) is 8.42 Å². The fourth-order valence-electron chi connectivity index (χ4n) is 3.70. The third-order valence-corrected chi connectivity index (χ3v) is 7.58. The van der Waals surface area contributed by atoms with Crippen LogP contribution in [0.15, 0.2) is 0 Å². The average molecular weight is 216 g/mol. The summed E-state index contributed by atoms with van der Waals surface area (Å²) < 4.78 is 23.7. The molecule has 3 aliphatic carbocycles. The third kappa shape index (κ3) is 0.944. The van der Waals surface area contributed by atoms with E-state index in [4.69, 9.17) is 0 Å². The van der Waals surface area contributed by atoms with Crippen LogP contribution in [0.25, 0.3) is 0 Å². The summed E-state index contributed by atoms with van der Waals surface area (Å²) >= 11 is 0. The first-order valence-electron chi connectivity index (χ1n) is 5.48. The van der Waals surface area contributed by atoms with Gasteiger partial charge in [0.25, 0.3) is 0 Å². The van der Waals surface area contributed by atoms with Gasteiger partial charge in [0, 0.05) is 5.75 Å². The first kappa shape index (κ1) is 10.5. The molecule has 0 saturated heterocycles. The minimum atomic E-state index is -2.88. The summed E-state index contributed by atoms with van der Waals surface area (Å²) in [6, 6.07) is 0. The van der Waals surface area contributed by atoms with Crippen molar-refractivity contribution >= 4 is 9.84 Å². The molecule has 0 aromatic rings. The average Bonchev–Trinajstić information content (AvgIpc) is 2.56. The Bertz CT molecular complexity index is 355. The molecule has 3 fully saturated rings. The molecule has 3 atom stereocenters. The molecule has 2 bridgehead atoms. The van der Waals surface area contributed by atoms with Gasteiger partial charge in [0.1, 0.15) is 0 Å². The van der Waals surface area contributed by atoms with Crippen molar-refractivity contribution in [2.24, 2.45) is 17.3 Å². The molecule has 3 unspecified atom stereocenters. The van der Waals surface area contributed by atoms with E-state index in [0.29, 0.717) is 17.6 Å². The molecule has 3 aliphatic rings. The van der Waals surface area contributed by atoms with Crippen LogP contribution in [0, 0.1) is 17.3 Å². The zero-order valence-corrected chi connectivity index (χ0v) is 10.3. The lowest BCUT2D eigenvalue weighted by molar-refractivity contribution is 0.0446. The highest BCUT2D eigenvalue weighted by Gasteiger charge is 2.67. The Kier molecular flexibility index (Phi) is 1.90. The molecule has 3 heteroatoms. The summed E-state index contributed by atoms with van der Waals surface area (Å²) in [5, 5.41) is 0. The maximum atomic E-state index is 12.0. The van der Waals surface area contributed by atoms with Crippen LogP contribution in [0.5, 0.6) is 0 Å². The Morgan fingerprint density at radius 1 is 1.29 bits per heavy atom. The van der Waals surface area contributed by atoms with Crippen LogP contribution in [0.3, 0.4) is 0 Å². The van der Waals surface area contributed by atoms with Gasteiger partial charge in [0.05, 0.1) is 4.75 Å². The second kappa shape index (κ2) is 2.55. The van der Waals surface area contributed by atoms with E-state index >= 15 is 0 Å². The van der Waals surface area contributed by atoms with Gasteiger partial charge in [-0.15, -0.1) is 0 Å². The van der Waals surface area contributed by atoms with Crippen molar-refractivity contribution in [3.05, 3.63) is 0 Å². The zero-order chi connectivity index (χ0) is 10.8. The molecule has 82 valence electrons. The monoisotopic (exact) mass is 216 g/mol. The fraction of sp³-hybridized carbons (Fsp3) is 1.00. The summed E-state index contributed by atoms with van der Waals surface area (Å²) in [4.78, 5) is 0. The second-order valence-electron chi connectivity index (χ2n) is 5.73. The molecule has 0 aromatic carbocycles. The second-order valence-corrected chi connectivity index (χ2v) is 8.47. The van der Waals surface area contributed by atoms with Crippen LogP contribution in [-0.4, -0.2) is 18.9 Å². The molecule has 0 N–H and O–H groups in total. The van der Waals surface area contributed by atoms with Crippen molar-refractivity contribution in [3.8, 4) is 0 Å². The first-order chi connectivity index (χ1) is 6.25. The lowest BCUT2D eigenvalue weighted by Crippen LogP contribution is -2.47. The highest BCUT2D eigenvalue weighted by atomic mass is 32.2. The zero-order valence-electron chi connectivity index (χ0n) is 9.50. The molecule has 3 rings (SSSR count). The van der Waals surface area contributed by atoms with Gasteiger partial charge in [-0.05, 0) is 37.0 Å². The standard InChI is InChI=1S/C11H20O2S/c1-5-14(12,13)11(4)7-8-6-9(11)10(8,2)3/h8-9H,5-7H2,1-4H3. The summed E-state index contributed by atoms with van der Waals surface area (Å²) in [6.45, 7) is 8.18. The van der Waals surface area contributed by atoms with Crippen LogP contribution in [0.1, 0.15) is 40.5 Å². The van der Waals surface area contributed by atoms with Gasteiger partial charge >= 0.3 is 0 Å². The predicted molar refractivity (Wildman–Crippen MR) is 57.9 cm³/mol. The van der Waals surface area contributed by atoms with Crippen LogP contribution >= 0.6 is 0 Å². The summed E-state index contributed by atoms with van der Waals surface area (Å²) in [5.74, 6) is 1.33. The smallest absolute Gasteiger partial charge is 0.155 e. The van der Waals surface area contributed by atoms with Gasteiger partial charge < -0.3 is 0 Å². The SMILES string of the molecule is CCS(=O)(=O)C1(C)CC2CC1C2(C)C. The maximum Gasteiger partial charge on any atom is 0.155 e. The van der Waals surface area contributed by atoms with Gasteiger partial charge in [-0.3, -0.25) is 0 Å². The van der Waals surface area contributed by atoms with Crippen molar-refractivity contribution in [2.45, 2.75) is 45.3 Å². The van der Waals surface area contributed by atoms with E-state index in [1.54, 1.807) is 6.92 Å². The van der Waals surface area contributed by atoms with E-state index < -0.39 is 14.6 Å². The van der Waals surface area contributed by atoms with E-state index in [0.717, 1.165) is 12.8 Å². The Morgan fingerprint density at radius 3 is 2.14 bits per heavy atom. The summed E-state index contributed by atoms with van der Waals surface area (Å²) in [6.07, 6.45) is 2.02. The van der Waals surface area contributed by atoms with Gasteiger partial charge in [-0.2, -0.15) is 0 Å². The van der Waals surface area contributed by atoms with E-state index in [1.165, 1.54) is 0 Å². The minimum absolute atomic E-state index is 0.261. The van der Waals surface area contributed by atoms with Gasteiger partial charge in [-0.1, -0.05) is 20.8 Å². The molecule has 0 heterocycles. The van der Waals surface area contributed by atoms with Crippen molar-refractivity contribution in [1.82, 2.24) is 0 Å². The van der Waals surface area contributed by atoms with Crippen LogP contribution in [0.4, 0.5) is 0 Å². The van der Waals surface area contributed by atoms with Crippen LogP contribution in [-0.2, 0) is 9.84 Å². The van der Waals surface area contributed by atoms with Gasteiger partial charge in [0.2, 0.25) is 0 Å². The van der Waals surface area contributed by atoms with Crippen molar-refractivity contribution in [3.63, 3.8) is 0 Å². The molecule has 2 nitrogen and oxygen atoms in total. The molecular weight excluding hydrogens is 196 g/mol. The molecule has 0 spiro atoms. The van der Waals surface area contributed by atoms with E-state index in [-0.39, 0.29) is 5.41 Å². The Hall–Kier alpha value is -0.0500. The number of fused-ring (bicyclic) bond motifs is 1. The molecule has 0 radical (unpaired) electrons. The van der Waals surface area contributed by atoms with E-state index in [9.17, 15) is 8.42 Å². The van der Waals surface area contributed by atoms with E-state index in [2.05, 4.69) is 13.8 Å². The highest BCUT2D eigenvalue weighted by molar-refractivity contribution is 7.92. The van der Waals surface area contributed by atoms with Gasteiger partial charge in [0.15, 0.2) is 9.84 Å².